The second kappa shape index (κ2) is 16.0. The molecule has 0 radical (unpaired) electrons. The van der Waals surface area contributed by atoms with Gasteiger partial charge in [0.15, 0.2) is 6.04 Å². The minimum Gasteiger partial charge on any atom is -0.351 e. The van der Waals surface area contributed by atoms with Gasteiger partial charge in [0.2, 0.25) is 0 Å². The molecule has 4 heterocycles. The molecule has 3 N–H and O–H groups in total. The first-order valence-corrected chi connectivity index (χ1v) is 18.9. The quantitative estimate of drug-likeness (QED) is 0.313. The number of anilines is 1. The van der Waals surface area contributed by atoms with Crippen LogP contribution in [0.2, 0.25) is 0 Å². The van der Waals surface area contributed by atoms with E-state index in [-0.39, 0.29) is 18.0 Å². The Bertz CT molecular complexity index is 1460. The van der Waals surface area contributed by atoms with E-state index < -0.39 is 12.1 Å². The summed E-state index contributed by atoms with van der Waals surface area (Å²) in [4.78, 5) is 48.7. The van der Waals surface area contributed by atoms with Crippen molar-refractivity contribution in [3.05, 3.63) is 64.7 Å². The number of nitrogens with one attached hydrogen (secondary N) is 3. The summed E-state index contributed by atoms with van der Waals surface area (Å²) in [6.45, 7) is 9.84. The van der Waals surface area contributed by atoms with Crippen LogP contribution in [0.4, 0.5) is 15.3 Å². The number of carbonyl (C=O) groups is 3. The Hall–Kier alpha value is -3.47. The van der Waals surface area contributed by atoms with E-state index in [1.165, 1.54) is 24.0 Å². The molecule has 0 aliphatic carbocycles. The number of rotatable bonds is 9. The number of likely N-dealkylation sites (N-methyl/N-ethyl adjacent to an activating group) is 1. The van der Waals surface area contributed by atoms with E-state index in [9.17, 15) is 14.4 Å². The molecule has 0 saturated carbocycles. The van der Waals surface area contributed by atoms with Gasteiger partial charge in [0, 0.05) is 50.6 Å². The van der Waals surface area contributed by atoms with Crippen LogP contribution in [0, 0.1) is 11.8 Å². The van der Waals surface area contributed by atoms with Gasteiger partial charge in [-0.1, -0.05) is 50.2 Å². The zero-order valence-electron chi connectivity index (χ0n) is 29.8. The van der Waals surface area contributed by atoms with Crippen molar-refractivity contribution < 1.29 is 23.7 Å². The van der Waals surface area contributed by atoms with Crippen LogP contribution >= 0.6 is 0 Å². The number of fused-ring (bicyclic) bond motifs is 1. The molecule has 49 heavy (non-hydrogen) atoms. The smallest absolute Gasteiger partial charge is 0.351 e. The maximum atomic E-state index is 14.4. The maximum absolute atomic E-state index is 14.4. The van der Waals surface area contributed by atoms with Gasteiger partial charge in [-0.2, -0.15) is 0 Å². The molecule has 1 unspecified atom stereocenters. The van der Waals surface area contributed by atoms with Crippen molar-refractivity contribution in [2.45, 2.75) is 90.1 Å². The number of amides is 4. The average molecular weight is 674 g/mol. The van der Waals surface area contributed by atoms with Crippen LogP contribution in [0.25, 0.3) is 0 Å². The molecule has 0 spiro atoms. The van der Waals surface area contributed by atoms with E-state index in [4.69, 9.17) is 4.84 Å². The summed E-state index contributed by atoms with van der Waals surface area (Å²) in [7, 11) is 2.06. The largest absolute Gasteiger partial charge is 0.427 e. The molecular formula is C39H57N6O4+. The van der Waals surface area contributed by atoms with Crippen LogP contribution in [0.5, 0.6) is 0 Å². The molecular weight excluding hydrogens is 616 g/mol. The zero-order valence-corrected chi connectivity index (χ0v) is 29.8. The van der Waals surface area contributed by atoms with E-state index in [0.717, 1.165) is 81.0 Å². The lowest BCUT2D eigenvalue weighted by molar-refractivity contribution is -0.842. The van der Waals surface area contributed by atoms with Crippen LogP contribution in [0.15, 0.2) is 42.5 Å². The lowest BCUT2D eigenvalue weighted by Crippen LogP contribution is -2.62. The number of para-hydroxylation sites is 1. The topological polar surface area (TPSA) is 103 Å². The van der Waals surface area contributed by atoms with E-state index in [1.807, 2.05) is 23.1 Å². The van der Waals surface area contributed by atoms with Gasteiger partial charge >= 0.3 is 18.0 Å². The van der Waals surface area contributed by atoms with Gasteiger partial charge in [-0.15, -0.1) is 5.06 Å². The first kappa shape index (κ1) is 35.4. The van der Waals surface area contributed by atoms with Crippen LogP contribution in [-0.2, 0) is 35.3 Å². The molecule has 4 aliphatic heterocycles. The summed E-state index contributed by atoms with van der Waals surface area (Å²) in [6, 6.07) is 13.8. The second-order valence-corrected chi connectivity index (χ2v) is 14.9. The SMILES string of the molecule is CCc1ccc(CC(NC(=O)ON2CCC(N3CCc4ccccc4NC3=O)CC2)C(=O)[N+]2(C)CCC(C3CCNCC3)CC2)cc1CC. The number of urea groups is 1. The van der Waals surface area contributed by atoms with Gasteiger partial charge in [0.05, 0.1) is 20.1 Å². The van der Waals surface area contributed by atoms with Crippen molar-refractivity contribution >= 4 is 23.7 Å². The molecule has 4 amide bonds. The Morgan fingerprint density at radius 2 is 1.61 bits per heavy atom. The molecule has 2 aromatic carbocycles. The highest BCUT2D eigenvalue weighted by atomic mass is 16.7. The third-order valence-electron chi connectivity index (χ3n) is 11.8. The monoisotopic (exact) mass is 673 g/mol. The lowest BCUT2D eigenvalue weighted by atomic mass is 9.78. The first-order valence-electron chi connectivity index (χ1n) is 18.9. The minimum atomic E-state index is -0.690. The van der Waals surface area contributed by atoms with Crippen LogP contribution in [-0.4, -0.2) is 97.4 Å². The Kier molecular flexibility index (Phi) is 11.6. The van der Waals surface area contributed by atoms with E-state index in [0.29, 0.717) is 49.3 Å². The van der Waals surface area contributed by atoms with Crippen molar-refractivity contribution in [3.8, 4) is 0 Å². The number of nitrogens with zero attached hydrogens (tertiary/aromatic N) is 3. The van der Waals surface area contributed by atoms with Gasteiger partial charge in [-0.05, 0) is 98.2 Å². The number of likely N-dealkylation sites (tertiary alicyclic amines) is 1. The van der Waals surface area contributed by atoms with Gasteiger partial charge in [0.1, 0.15) is 0 Å². The van der Waals surface area contributed by atoms with Crippen LogP contribution in [0.1, 0.15) is 74.6 Å². The van der Waals surface area contributed by atoms with Crippen molar-refractivity contribution in [1.29, 1.82) is 0 Å². The highest BCUT2D eigenvalue weighted by Gasteiger charge is 2.43. The number of hydrogen-bond acceptors (Lipinski definition) is 6. The second-order valence-electron chi connectivity index (χ2n) is 14.9. The van der Waals surface area contributed by atoms with Crippen LogP contribution < -0.4 is 16.0 Å². The molecule has 6 rings (SSSR count). The fourth-order valence-electron chi connectivity index (χ4n) is 8.73. The molecule has 3 saturated heterocycles. The lowest BCUT2D eigenvalue weighted by Gasteiger charge is -2.42. The molecule has 266 valence electrons. The summed E-state index contributed by atoms with van der Waals surface area (Å²) in [6.07, 6.45) is 8.51. The number of quaternary nitrogens is 1. The fraction of sp³-hybridized carbons (Fsp3) is 0.615. The van der Waals surface area contributed by atoms with Gasteiger partial charge in [-0.3, -0.25) is 4.48 Å². The van der Waals surface area contributed by atoms with Gasteiger partial charge < -0.3 is 25.7 Å². The molecule has 0 bridgehead atoms. The number of hydrogen-bond donors (Lipinski definition) is 3. The maximum Gasteiger partial charge on any atom is 0.427 e. The van der Waals surface area contributed by atoms with E-state index >= 15 is 0 Å². The third-order valence-corrected chi connectivity index (χ3v) is 11.8. The van der Waals surface area contributed by atoms with Gasteiger partial charge in [0.25, 0.3) is 0 Å². The predicted molar refractivity (Wildman–Crippen MR) is 192 cm³/mol. The van der Waals surface area contributed by atoms with Crippen molar-refractivity contribution in [2.75, 3.05) is 58.2 Å². The van der Waals surface area contributed by atoms with Crippen molar-refractivity contribution in [3.63, 3.8) is 0 Å². The third kappa shape index (κ3) is 8.47. The highest BCUT2D eigenvalue weighted by Crippen LogP contribution is 2.33. The number of carbonyl (C=O) groups excluding carboxylic acids is 3. The molecule has 3 fully saturated rings. The molecule has 10 heteroatoms. The Balaban J connectivity index is 1.08. The number of piperidine rings is 3. The molecule has 1 atom stereocenters. The zero-order chi connectivity index (χ0) is 34.4. The highest BCUT2D eigenvalue weighted by molar-refractivity contribution is 5.91. The Labute approximate surface area is 292 Å². The summed E-state index contributed by atoms with van der Waals surface area (Å²) in [5, 5.41) is 11.3. The molecule has 10 nitrogen and oxygen atoms in total. The Morgan fingerprint density at radius 1 is 0.918 bits per heavy atom. The molecule has 4 aliphatic rings. The minimum absolute atomic E-state index is 0.0604. The summed E-state index contributed by atoms with van der Waals surface area (Å²) >= 11 is 0. The van der Waals surface area contributed by atoms with Crippen LogP contribution in [0.3, 0.4) is 0 Å². The number of hydroxylamine groups is 2. The normalized spacial score (nSPS) is 24.8. The first-order chi connectivity index (χ1) is 23.8. The summed E-state index contributed by atoms with van der Waals surface area (Å²) in [5.41, 5.74) is 5.70. The Morgan fingerprint density at radius 3 is 2.33 bits per heavy atom. The molecule has 2 aromatic rings. The van der Waals surface area contributed by atoms with E-state index in [2.05, 4.69) is 61.1 Å². The van der Waals surface area contributed by atoms with E-state index in [1.54, 1.807) is 5.06 Å². The number of aryl methyl sites for hydroxylation is 2. The average Bonchev–Trinajstić information content (AvgIpc) is 3.30. The van der Waals surface area contributed by atoms with Crippen molar-refractivity contribution in [2.24, 2.45) is 11.8 Å². The fourth-order valence-corrected chi connectivity index (χ4v) is 8.73. The standard InChI is InChI=1S/C39H56N6O4/c1-4-29-11-10-28(26-30(29)5-2)27-36(37(46)45(3)24-17-32(18-25-45)31-12-19-40-20-13-31)42-39(48)49-43-21-15-34(16-22-43)44-23-14-33-8-6-7-9-35(33)41-38(44)47/h6-11,26,31-32,34,36,40H,4-5,12-25,27H2,1-3H3,(H-,41,42,47,48)/p+1. The van der Waals surface area contributed by atoms with Gasteiger partial charge in [-0.25, -0.2) is 14.4 Å². The predicted octanol–water partition coefficient (Wildman–Crippen LogP) is 5.30. The van der Waals surface area contributed by atoms with Crippen molar-refractivity contribution in [1.82, 2.24) is 20.6 Å². The summed E-state index contributed by atoms with van der Waals surface area (Å²) < 4.78 is 0.341. The summed E-state index contributed by atoms with van der Waals surface area (Å²) in [5.74, 6) is 1.47. The molecule has 0 aromatic heterocycles. The number of benzene rings is 2.